The molecule has 1 amide bonds. The molecule has 0 atom stereocenters. The highest BCUT2D eigenvalue weighted by atomic mass is 19.1. The van der Waals surface area contributed by atoms with Crippen LogP contribution in [0.4, 0.5) is 21.6 Å². The maximum Gasteiger partial charge on any atom is 0.271 e. The molecule has 3 aromatic rings. The van der Waals surface area contributed by atoms with Crippen molar-refractivity contribution in [3.8, 4) is 0 Å². The van der Waals surface area contributed by atoms with Crippen LogP contribution in [0.3, 0.4) is 0 Å². The Labute approximate surface area is 163 Å². The standard InChI is InChI=1S/C21H22FN5O/c1-27(2)18-9-7-17(8-10-18)26-20-14-24-19(13-25-20)21(28)23-12-11-15-3-5-16(22)6-4-15/h3-10,13-14H,11-12H2,1-2H3,(H,23,28)(H,25,26). The van der Waals surface area contributed by atoms with E-state index in [1.807, 2.05) is 43.3 Å². The fraction of sp³-hybridized carbons (Fsp3) is 0.190. The number of halogens is 1. The summed E-state index contributed by atoms with van der Waals surface area (Å²) in [6.07, 6.45) is 3.57. The average molecular weight is 379 g/mol. The van der Waals surface area contributed by atoms with Crippen molar-refractivity contribution in [2.45, 2.75) is 6.42 Å². The normalized spacial score (nSPS) is 10.4. The van der Waals surface area contributed by atoms with Gasteiger partial charge in [-0.25, -0.2) is 14.4 Å². The van der Waals surface area contributed by atoms with Gasteiger partial charge in [0.05, 0.1) is 12.4 Å². The molecule has 0 saturated heterocycles. The Morgan fingerprint density at radius 3 is 2.32 bits per heavy atom. The Bertz CT molecular complexity index is 909. The molecule has 1 heterocycles. The number of hydrogen-bond donors (Lipinski definition) is 2. The maximum atomic E-state index is 12.9. The molecule has 7 heteroatoms. The minimum atomic E-state index is -0.295. The second-order valence-electron chi connectivity index (χ2n) is 6.49. The Morgan fingerprint density at radius 1 is 1.00 bits per heavy atom. The second kappa shape index (κ2) is 8.94. The lowest BCUT2D eigenvalue weighted by Crippen LogP contribution is -2.26. The van der Waals surface area contributed by atoms with E-state index in [1.165, 1.54) is 24.5 Å². The predicted octanol–water partition coefficient (Wildman–Crippen LogP) is 3.40. The first-order chi connectivity index (χ1) is 13.5. The molecule has 2 N–H and O–H groups in total. The second-order valence-corrected chi connectivity index (χ2v) is 6.49. The molecule has 0 aliphatic carbocycles. The van der Waals surface area contributed by atoms with Crippen molar-refractivity contribution in [1.29, 1.82) is 0 Å². The van der Waals surface area contributed by atoms with Crippen LogP contribution in [0.15, 0.2) is 60.9 Å². The van der Waals surface area contributed by atoms with Gasteiger partial charge in [-0.05, 0) is 48.4 Å². The van der Waals surface area contributed by atoms with Crippen molar-refractivity contribution in [2.24, 2.45) is 0 Å². The largest absolute Gasteiger partial charge is 0.378 e. The first-order valence-corrected chi connectivity index (χ1v) is 8.90. The van der Waals surface area contributed by atoms with E-state index in [4.69, 9.17) is 0 Å². The summed E-state index contributed by atoms with van der Waals surface area (Å²) in [6, 6.07) is 14.1. The molecule has 0 unspecified atom stereocenters. The number of carbonyl (C=O) groups is 1. The highest BCUT2D eigenvalue weighted by Crippen LogP contribution is 2.18. The minimum Gasteiger partial charge on any atom is -0.378 e. The Hall–Kier alpha value is -3.48. The zero-order valence-corrected chi connectivity index (χ0v) is 15.8. The quantitative estimate of drug-likeness (QED) is 0.658. The van der Waals surface area contributed by atoms with Crippen molar-refractivity contribution in [3.63, 3.8) is 0 Å². The summed E-state index contributed by atoms with van der Waals surface area (Å²) in [4.78, 5) is 22.6. The molecule has 2 aromatic carbocycles. The van der Waals surface area contributed by atoms with E-state index >= 15 is 0 Å². The number of nitrogens with one attached hydrogen (secondary N) is 2. The number of benzene rings is 2. The van der Waals surface area contributed by atoms with Gasteiger partial charge in [0.25, 0.3) is 5.91 Å². The maximum absolute atomic E-state index is 12.9. The van der Waals surface area contributed by atoms with Crippen LogP contribution in [-0.2, 0) is 6.42 Å². The highest BCUT2D eigenvalue weighted by molar-refractivity contribution is 5.92. The van der Waals surface area contributed by atoms with Gasteiger partial charge >= 0.3 is 0 Å². The number of nitrogens with zero attached hydrogens (tertiary/aromatic N) is 3. The summed E-state index contributed by atoms with van der Waals surface area (Å²) in [5, 5.41) is 5.94. The van der Waals surface area contributed by atoms with Gasteiger partial charge in [-0.15, -0.1) is 0 Å². The lowest BCUT2D eigenvalue weighted by atomic mass is 10.1. The van der Waals surface area contributed by atoms with Crippen LogP contribution >= 0.6 is 0 Å². The molecule has 3 rings (SSSR count). The van der Waals surface area contributed by atoms with Crippen molar-refractivity contribution < 1.29 is 9.18 Å². The molecule has 0 saturated carbocycles. The van der Waals surface area contributed by atoms with Gasteiger partial charge in [-0.2, -0.15) is 0 Å². The molecule has 0 aliphatic heterocycles. The van der Waals surface area contributed by atoms with E-state index in [0.717, 1.165) is 16.9 Å². The van der Waals surface area contributed by atoms with E-state index in [9.17, 15) is 9.18 Å². The van der Waals surface area contributed by atoms with Crippen LogP contribution in [0.25, 0.3) is 0 Å². The van der Waals surface area contributed by atoms with Crippen molar-refractivity contribution in [1.82, 2.24) is 15.3 Å². The Kier molecular flexibility index (Phi) is 6.16. The summed E-state index contributed by atoms with van der Waals surface area (Å²) in [6.45, 7) is 0.435. The van der Waals surface area contributed by atoms with Gasteiger partial charge in [0, 0.05) is 32.0 Å². The fourth-order valence-electron chi connectivity index (χ4n) is 2.56. The molecule has 144 valence electrons. The SMILES string of the molecule is CN(C)c1ccc(Nc2cnc(C(=O)NCCc3ccc(F)cc3)cn2)cc1. The van der Waals surface area contributed by atoms with Crippen LogP contribution in [0, 0.1) is 5.82 Å². The highest BCUT2D eigenvalue weighted by Gasteiger charge is 2.08. The average Bonchev–Trinajstić information content (AvgIpc) is 2.70. The third-order valence-electron chi connectivity index (χ3n) is 4.15. The van der Waals surface area contributed by atoms with Crippen LogP contribution in [-0.4, -0.2) is 36.5 Å². The van der Waals surface area contributed by atoms with E-state index in [1.54, 1.807) is 12.1 Å². The third kappa shape index (κ3) is 5.26. The molecule has 0 spiro atoms. The number of amides is 1. The molecule has 1 aromatic heterocycles. The predicted molar refractivity (Wildman–Crippen MR) is 109 cm³/mol. The summed E-state index contributed by atoms with van der Waals surface area (Å²) >= 11 is 0. The Balaban J connectivity index is 1.51. The minimum absolute atomic E-state index is 0.243. The summed E-state index contributed by atoms with van der Waals surface area (Å²) in [5.74, 6) is -0.0117. The first kappa shape index (κ1) is 19.3. The summed E-state index contributed by atoms with van der Waals surface area (Å²) < 4.78 is 12.9. The van der Waals surface area contributed by atoms with Crippen molar-refractivity contribution in [2.75, 3.05) is 30.9 Å². The van der Waals surface area contributed by atoms with Crippen molar-refractivity contribution in [3.05, 3.63) is 78.0 Å². The molecule has 0 aliphatic rings. The number of carbonyl (C=O) groups excluding carboxylic acids is 1. The third-order valence-corrected chi connectivity index (χ3v) is 4.15. The van der Waals surface area contributed by atoms with Crippen molar-refractivity contribution >= 4 is 23.1 Å². The molecular weight excluding hydrogens is 357 g/mol. The smallest absolute Gasteiger partial charge is 0.271 e. The summed E-state index contributed by atoms with van der Waals surface area (Å²) in [5.41, 5.74) is 3.18. The van der Waals surface area contributed by atoms with Crippen LogP contribution in [0.1, 0.15) is 16.1 Å². The zero-order chi connectivity index (χ0) is 19.9. The van der Waals surface area contributed by atoms with Crippen LogP contribution < -0.4 is 15.5 Å². The summed E-state index contributed by atoms with van der Waals surface area (Å²) in [7, 11) is 3.97. The van der Waals surface area contributed by atoms with Gasteiger partial charge in [0.2, 0.25) is 0 Å². The lowest BCUT2D eigenvalue weighted by Gasteiger charge is -2.13. The molecule has 0 bridgehead atoms. The molecule has 0 radical (unpaired) electrons. The van der Waals surface area contributed by atoms with E-state index in [-0.39, 0.29) is 17.4 Å². The Morgan fingerprint density at radius 2 is 1.71 bits per heavy atom. The number of hydrogen-bond acceptors (Lipinski definition) is 5. The van der Waals surface area contributed by atoms with E-state index < -0.39 is 0 Å². The molecule has 28 heavy (non-hydrogen) atoms. The van der Waals surface area contributed by atoms with E-state index in [0.29, 0.717) is 18.8 Å². The van der Waals surface area contributed by atoms with Gasteiger partial charge in [-0.3, -0.25) is 4.79 Å². The monoisotopic (exact) mass is 379 g/mol. The van der Waals surface area contributed by atoms with Gasteiger partial charge < -0.3 is 15.5 Å². The number of rotatable bonds is 7. The van der Waals surface area contributed by atoms with E-state index in [2.05, 4.69) is 20.6 Å². The molecule has 0 fully saturated rings. The fourth-order valence-corrected chi connectivity index (χ4v) is 2.56. The zero-order valence-electron chi connectivity index (χ0n) is 15.8. The number of anilines is 3. The van der Waals surface area contributed by atoms with Gasteiger partial charge in [0.15, 0.2) is 0 Å². The van der Waals surface area contributed by atoms with Gasteiger partial charge in [0.1, 0.15) is 17.3 Å². The lowest BCUT2D eigenvalue weighted by molar-refractivity contribution is 0.0949. The van der Waals surface area contributed by atoms with Crippen LogP contribution in [0.2, 0.25) is 0 Å². The number of aromatic nitrogens is 2. The molecular formula is C21H22FN5O. The molecule has 6 nitrogen and oxygen atoms in total. The van der Waals surface area contributed by atoms with Crippen LogP contribution in [0.5, 0.6) is 0 Å². The van der Waals surface area contributed by atoms with Gasteiger partial charge in [-0.1, -0.05) is 12.1 Å². The topological polar surface area (TPSA) is 70.2 Å². The first-order valence-electron chi connectivity index (χ1n) is 8.90.